The Balaban J connectivity index is 1.37. The summed E-state index contributed by atoms with van der Waals surface area (Å²) >= 11 is 0. The minimum atomic E-state index is -0.123. The van der Waals surface area contributed by atoms with Gasteiger partial charge in [0.2, 0.25) is 11.8 Å². The number of hydrogen-bond donors (Lipinski definition) is 1. The number of aromatic nitrogens is 2. The van der Waals surface area contributed by atoms with E-state index in [1.54, 1.807) is 0 Å². The van der Waals surface area contributed by atoms with Gasteiger partial charge in [0.1, 0.15) is 6.04 Å². The van der Waals surface area contributed by atoms with Crippen molar-refractivity contribution in [2.75, 3.05) is 20.1 Å². The Labute approximate surface area is 159 Å². The number of nitrogens with zero attached hydrogens (tertiary/aromatic N) is 4. The molecule has 0 radical (unpaired) electrons. The van der Waals surface area contributed by atoms with Crippen LogP contribution in [0.15, 0.2) is 34.9 Å². The zero-order valence-corrected chi connectivity index (χ0v) is 15.8. The number of carbonyl (C=O) groups excluding carboxylic acids is 1. The summed E-state index contributed by atoms with van der Waals surface area (Å²) in [5, 5.41) is 7.66. The number of hydrogen-bond acceptors (Lipinski definition) is 6. The summed E-state index contributed by atoms with van der Waals surface area (Å²) < 4.78 is 5.52. The van der Waals surface area contributed by atoms with E-state index < -0.39 is 0 Å². The van der Waals surface area contributed by atoms with Crippen molar-refractivity contribution in [2.45, 2.75) is 50.9 Å². The van der Waals surface area contributed by atoms with Crippen molar-refractivity contribution in [3.05, 3.63) is 47.6 Å². The maximum absolute atomic E-state index is 12.3. The van der Waals surface area contributed by atoms with E-state index in [0.29, 0.717) is 37.3 Å². The van der Waals surface area contributed by atoms with Gasteiger partial charge >= 0.3 is 0 Å². The molecule has 0 bridgehead atoms. The van der Waals surface area contributed by atoms with E-state index in [0.717, 1.165) is 37.9 Å². The number of nitrogens with one attached hydrogen (secondary N) is 1. The fourth-order valence-corrected chi connectivity index (χ4v) is 3.89. The molecule has 1 amide bonds. The summed E-state index contributed by atoms with van der Waals surface area (Å²) in [5.74, 6) is 1.37. The second-order valence-electron chi connectivity index (χ2n) is 7.57. The average molecular weight is 369 g/mol. The van der Waals surface area contributed by atoms with Gasteiger partial charge in [0.15, 0.2) is 5.82 Å². The molecule has 0 unspecified atom stereocenters. The zero-order valence-electron chi connectivity index (χ0n) is 15.8. The topological polar surface area (TPSA) is 74.5 Å². The molecule has 144 valence electrons. The first-order valence-corrected chi connectivity index (χ1v) is 9.77. The predicted molar refractivity (Wildman–Crippen MR) is 101 cm³/mol. The smallest absolute Gasteiger partial charge is 0.249 e. The van der Waals surface area contributed by atoms with Crippen molar-refractivity contribution in [2.24, 2.45) is 0 Å². The molecule has 1 atom stereocenters. The molecule has 7 nitrogen and oxygen atoms in total. The molecule has 2 aliphatic rings. The molecule has 2 aromatic rings. The molecule has 2 fully saturated rings. The quantitative estimate of drug-likeness (QED) is 0.841. The van der Waals surface area contributed by atoms with Crippen molar-refractivity contribution in [1.29, 1.82) is 0 Å². The van der Waals surface area contributed by atoms with Crippen LogP contribution in [0.5, 0.6) is 0 Å². The first-order chi connectivity index (χ1) is 13.2. The molecule has 2 aliphatic heterocycles. The van der Waals surface area contributed by atoms with Crippen molar-refractivity contribution in [3.63, 3.8) is 0 Å². The van der Waals surface area contributed by atoms with E-state index in [-0.39, 0.29) is 11.9 Å². The fraction of sp³-hybridized carbons (Fsp3) is 0.550. The Morgan fingerprint density at radius 3 is 2.74 bits per heavy atom. The van der Waals surface area contributed by atoms with Crippen molar-refractivity contribution in [3.8, 4) is 0 Å². The summed E-state index contributed by atoms with van der Waals surface area (Å²) in [7, 11) is 2.16. The summed E-state index contributed by atoms with van der Waals surface area (Å²) in [6.07, 6.45) is 3.55. The van der Waals surface area contributed by atoms with Crippen molar-refractivity contribution < 1.29 is 9.32 Å². The lowest BCUT2D eigenvalue weighted by molar-refractivity contribution is -0.129. The van der Waals surface area contributed by atoms with Gasteiger partial charge in [-0.05, 0) is 45.0 Å². The van der Waals surface area contributed by atoms with Crippen LogP contribution in [0.3, 0.4) is 0 Å². The largest absolute Gasteiger partial charge is 0.337 e. The van der Waals surface area contributed by atoms with E-state index in [9.17, 15) is 4.79 Å². The maximum Gasteiger partial charge on any atom is 0.249 e. The first-order valence-electron chi connectivity index (χ1n) is 9.77. The highest BCUT2D eigenvalue weighted by molar-refractivity contribution is 5.78. The lowest BCUT2D eigenvalue weighted by Gasteiger charge is -2.29. The minimum Gasteiger partial charge on any atom is -0.337 e. The highest BCUT2D eigenvalue weighted by Gasteiger charge is 2.35. The molecule has 7 heteroatoms. The van der Waals surface area contributed by atoms with E-state index in [4.69, 9.17) is 4.52 Å². The van der Waals surface area contributed by atoms with Crippen LogP contribution in [0.1, 0.15) is 49.0 Å². The average Bonchev–Trinajstić information content (AvgIpc) is 3.29. The highest BCUT2D eigenvalue weighted by atomic mass is 16.5. The van der Waals surface area contributed by atoms with Crippen molar-refractivity contribution >= 4 is 5.91 Å². The van der Waals surface area contributed by atoms with Crippen LogP contribution in [-0.2, 0) is 17.9 Å². The molecule has 1 aromatic carbocycles. The molecule has 3 heterocycles. The van der Waals surface area contributed by atoms with E-state index >= 15 is 0 Å². The van der Waals surface area contributed by atoms with Gasteiger partial charge in [-0.2, -0.15) is 4.98 Å². The Morgan fingerprint density at radius 1 is 1.19 bits per heavy atom. The minimum absolute atomic E-state index is 0.123. The summed E-state index contributed by atoms with van der Waals surface area (Å²) in [6.45, 7) is 3.43. The number of piperidine rings is 1. The van der Waals surface area contributed by atoms with Gasteiger partial charge in [-0.1, -0.05) is 35.5 Å². The van der Waals surface area contributed by atoms with Crippen LogP contribution < -0.4 is 5.32 Å². The summed E-state index contributed by atoms with van der Waals surface area (Å²) in [4.78, 5) is 21.1. The Hall–Kier alpha value is -2.25. The van der Waals surface area contributed by atoms with Crippen LogP contribution in [0.2, 0.25) is 0 Å². The number of amides is 1. The van der Waals surface area contributed by atoms with E-state index in [2.05, 4.69) is 27.4 Å². The van der Waals surface area contributed by atoms with Crippen molar-refractivity contribution in [1.82, 2.24) is 25.3 Å². The second-order valence-corrected chi connectivity index (χ2v) is 7.57. The molecule has 1 N–H and O–H groups in total. The van der Waals surface area contributed by atoms with Crippen LogP contribution in [0.25, 0.3) is 0 Å². The number of carbonyl (C=O) groups is 1. The fourth-order valence-electron chi connectivity index (χ4n) is 3.89. The van der Waals surface area contributed by atoms with Crippen LogP contribution in [0, 0.1) is 0 Å². The molecule has 27 heavy (non-hydrogen) atoms. The van der Waals surface area contributed by atoms with Gasteiger partial charge in [0, 0.05) is 19.0 Å². The van der Waals surface area contributed by atoms with Gasteiger partial charge in [-0.3, -0.25) is 4.79 Å². The first kappa shape index (κ1) is 18.1. The van der Waals surface area contributed by atoms with E-state index in [1.807, 2.05) is 35.2 Å². The molecular weight excluding hydrogens is 342 g/mol. The van der Waals surface area contributed by atoms with Gasteiger partial charge in [0.25, 0.3) is 0 Å². The molecular formula is C20H27N5O2. The van der Waals surface area contributed by atoms with Crippen LogP contribution >= 0.6 is 0 Å². The standard InChI is InChI=1S/C20H27N5O2/c1-24-11-9-16(10-12-24)21-13-18-22-20(27-23-18)17-7-8-19(26)25(17)14-15-5-3-2-4-6-15/h2-6,16-17,21H,7-14H2,1H3/t17-/m0/s1. The number of rotatable bonds is 6. The molecule has 0 saturated carbocycles. The molecule has 1 aromatic heterocycles. The zero-order chi connectivity index (χ0) is 18.6. The lowest BCUT2D eigenvalue weighted by Crippen LogP contribution is -2.40. The molecule has 0 spiro atoms. The third kappa shape index (κ3) is 4.36. The Morgan fingerprint density at radius 2 is 1.96 bits per heavy atom. The normalized spacial score (nSPS) is 21.9. The monoisotopic (exact) mass is 369 g/mol. The summed E-state index contributed by atoms with van der Waals surface area (Å²) in [5.41, 5.74) is 1.11. The Kier molecular flexibility index (Phi) is 5.50. The molecule has 4 rings (SSSR count). The predicted octanol–water partition coefficient (Wildman–Crippen LogP) is 2.12. The molecule has 0 aliphatic carbocycles. The third-order valence-electron chi connectivity index (χ3n) is 5.56. The third-order valence-corrected chi connectivity index (χ3v) is 5.56. The number of benzene rings is 1. The van der Waals surface area contributed by atoms with E-state index in [1.165, 1.54) is 0 Å². The Bertz CT molecular complexity index is 755. The van der Waals surface area contributed by atoms with Gasteiger partial charge in [-0.15, -0.1) is 0 Å². The second kappa shape index (κ2) is 8.19. The summed E-state index contributed by atoms with van der Waals surface area (Å²) in [6, 6.07) is 10.4. The lowest BCUT2D eigenvalue weighted by atomic mass is 10.1. The van der Waals surface area contributed by atoms with Crippen LogP contribution in [0.4, 0.5) is 0 Å². The van der Waals surface area contributed by atoms with Gasteiger partial charge in [-0.25, -0.2) is 0 Å². The SMILES string of the molecule is CN1CCC(NCc2noc([C@@H]3CCC(=O)N3Cc3ccccc3)n2)CC1. The maximum atomic E-state index is 12.3. The molecule has 2 saturated heterocycles. The van der Waals surface area contributed by atoms with Crippen LogP contribution in [-0.4, -0.2) is 52.0 Å². The number of likely N-dealkylation sites (tertiary alicyclic amines) is 2. The van der Waals surface area contributed by atoms with Gasteiger partial charge < -0.3 is 19.6 Å². The van der Waals surface area contributed by atoms with Gasteiger partial charge in [0.05, 0.1) is 6.54 Å². The highest BCUT2D eigenvalue weighted by Crippen LogP contribution is 2.33.